The highest BCUT2D eigenvalue weighted by atomic mass is 16.2. The molecule has 46 heavy (non-hydrogen) atoms. The SMILES string of the molecule is CC(=O)N1CC(=O)N(C(C)=O)CC1=O.CC(=O)N1CC(=O)N/C(=C\c2nc[nH]c2C(C)(C)C)C1=O.CC(C)(C)c1[nH]cnc1C=O. The van der Waals surface area contributed by atoms with Gasteiger partial charge in [0.25, 0.3) is 5.91 Å². The van der Waals surface area contributed by atoms with Gasteiger partial charge in [-0.25, -0.2) is 9.97 Å². The molecule has 0 atom stereocenters. The first-order valence-electron chi connectivity index (χ1n) is 14.2. The van der Waals surface area contributed by atoms with Crippen molar-refractivity contribution in [3.8, 4) is 0 Å². The van der Waals surface area contributed by atoms with Crippen molar-refractivity contribution in [1.29, 1.82) is 0 Å². The Morgan fingerprint density at radius 2 is 1.11 bits per heavy atom. The van der Waals surface area contributed by atoms with Gasteiger partial charge < -0.3 is 15.3 Å². The maximum absolute atomic E-state index is 12.2. The quantitative estimate of drug-likeness (QED) is 0.310. The molecular formula is C30H40N8O8. The van der Waals surface area contributed by atoms with Crippen LogP contribution in [0.1, 0.15) is 89.9 Å². The molecule has 4 heterocycles. The number of nitrogens with zero attached hydrogens (tertiary/aromatic N) is 5. The van der Waals surface area contributed by atoms with Crippen LogP contribution >= 0.6 is 0 Å². The Morgan fingerprint density at radius 3 is 1.48 bits per heavy atom. The van der Waals surface area contributed by atoms with E-state index < -0.39 is 41.4 Å². The standard InChI is InChI=1S/C14H18N4O3.C8H10N2O4.C8H12N2O/c1-8(19)18-6-11(20)17-10(13(18)21)5-9-12(14(2,3)4)16-7-15-9;1-5(11)9-3-8(14)10(6(2)12)4-7(9)13;1-8(2,3)7-6(4-11)9-5-10-7/h5,7H,6H2,1-4H3,(H,15,16)(H,17,20);3-4H2,1-2H3;4-5H,1-3H3,(H,9,10)/b10-5-;;. The molecule has 2 aliphatic heterocycles. The van der Waals surface area contributed by atoms with Gasteiger partial charge in [0.1, 0.15) is 31.0 Å². The van der Waals surface area contributed by atoms with E-state index in [9.17, 15) is 38.4 Å². The molecule has 248 valence electrons. The van der Waals surface area contributed by atoms with Crippen LogP contribution in [0.3, 0.4) is 0 Å². The van der Waals surface area contributed by atoms with E-state index in [4.69, 9.17) is 0 Å². The van der Waals surface area contributed by atoms with Crippen LogP contribution in [0.15, 0.2) is 18.4 Å². The number of carbonyl (C=O) groups is 8. The van der Waals surface area contributed by atoms with Crippen molar-refractivity contribution in [3.05, 3.63) is 41.1 Å². The molecule has 0 radical (unpaired) electrons. The number of aldehydes is 1. The monoisotopic (exact) mass is 640 g/mol. The van der Waals surface area contributed by atoms with Crippen molar-refractivity contribution in [2.75, 3.05) is 19.6 Å². The molecule has 0 saturated carbocycles. The summed E-state index contributed by atoms with van der Waals surface area (Å²) >= 11 is 0. The summed E-state index contributed by atoms with van der Waals surface area (Å²) in [4.78, 5) is 107. The normalized spacial score (nSPS) is 16.3. The van der Waals surface area contributed by atoms with Gasteiger partial charge in [-0.3, -0.25) is 53.1 Å². The van der Waals surface area contributed by atoms with Gasteiger partial charge in [0.05, 0.1) is 24.0 Å². The van der Waals surface area contributed by atoms with Crippen molar-refractivity contribution in [1.82, 2.24) is 40.0 Å². The predicted octanol–water partition coefficient (Wildman–Crippen LogP) is 0.823. The molecule has 0 spiro atoms. The minimum absolute atomic E-state index is 0.0350. The molecule has 2 aromatic rings. The van der Waals surface area contributed by atoms with Crippen LogP contribution < -0.4 is 5.32 Å². The van der Waals surface area contributed by atoms with E-state index in [1.54, 1.807) is 6.33 Å². The zero-order valence-corrected chi connectivity index (χ0v) is 27.4. The summed E-state index contributed by atoms with van der Waals surface area (Å²) in [7, 11) is 0. The van der Waals surface area contributed by atoms with Crippen LogP contribution in [0.2, 0.25) is 0 Å². The minimum Gasteiger partial charge on any atom is -0.348 e. The van der Waals surface area contributed by atoms with Gasteiger partial charge in [-0.05, 0) is 6.08 Å². The zero-order chi connectivity index (χ0) is 35.1. The number of imide groups is 3. The number of amides is 7. The number of nitrogens with one attached hydrogen (secondary N) is 3. The third-order valence-electron chi connectivity index (χ3n) is 6.61. The number of imidazole rings is 2. The molecule has 2 saturated heterocycles. The smallest absolute Gasteiger partial charge is 0.277 e. The summed E-state index contributed by atoms with van der Waals surface area (Å²) in [6.45, 7) is 14.9. The van der Waals surface area contributed by atoms with Crippen molar-refractivity contribution in [3.63, 3.8) is 0 Å². The van der Waals surface area contributed by atoms with Gasteiger partial charge >= 0.3 is 0 Å². The predicted molar refractivity (Wildman–Crippen MR) is 163 cm³/mol. The Labute approximate surface area is 266 Å². The van der Waals surface area contributed by atoms with E-state index in [1.165, 1.54) is 33.2 Å². The lowest BCUT2D eigenvalue weighted by molar-refractivity contribution is -0.161. The molecule has 0 aliphatic carbocycles. The van der Waals surface area contributed by atoms with Gasteiger partial charge in [-0.1, -0.05) is 41.5 Å². The summed E-state index contributed by atoms with van der Waals surface area (Å²) < 4.78 is 0. The first-order valence-corrected chi connectivity index (χ1v) is 14.2. The van der Waals surface area contributed by atoms with Crippen LogP contribution in [0.5, 0.6) is 0 Å². The van der Waals surface area contributed by atoms with E-state index in [1.807, 2.05) is 41.5 Å². The van der Waals surface area contributed by atoms with Gasteiger partial charge in [0.2, 0.25) is 35.4 Å². The molecule has 3 N–H and O–H groups in total. The summed E-state index contributed by atoms with van der Waals surface area (Å²) in [5, 5.41) is 2.49. The van der Waals surface area contributed by atoms with Crippen LogP contribution in [0.4, 0.5) is 0 Å². The van der Waals surface area contributed by atoms with Crippen molar-refractivity contribution in [2.45, 2.75) is 73.1 Å². The van der Waals surface area contributed by atoms with E-state index in [2.05, 4.69) is 25.3 Å². The largest absolute Gasteiger partial charge is 0.348 e. The number of hydrogen-bond acceptors (Lipinski definition) is 10. The molecule has 0 bridgehead atoms. The fourth-order valence-corrected chi connectivity index (χ4v) is 4.29. The lowest BCUT2D eigenvalue weighted by Crippen LogP contribution is -2.56. The number of aromatic amines is 2. The van der Waals surface area contributed by atoms with Gasteiger partial charge in [-0.15, -0.1) is 0 Å². The molecule has 4 rings (SSSR count). The van der Waals surface area contributed by atoms with Crippen molar-refractivity contribution in [2.24, 2.45) is 0 Å². The number of piperazine rings is 2. The van der Waals surface area contributed by atoms with Crippen molar-refractivity contribution < 1.29 is 38.4 Å². The average molecular weight is 641 g/mol. The van der Waals surface area contributed by atoms with E-state index in [-0.39, 0.29) is 36.2 Å². The Balaban J connectivity index is 0.000000256. The van der Waals surface area contributed by atoms with Crippen LogP contribution in [0.25, 0.3) is 6.08 Å². The summed E-state index contributed by atoms with van der Waals surface area (Å²) in [6.07, 6.45) is 5.35. The maximum Gasteiger partial charge on any atom is 0.277 e. The summed E-state index contributed by atoms with van der Waals surface area (Å²) in [6, 6.07) is 0. The van der Waals surface area contributed by atoms with E-state index >= 15 is 0 Å². The second kappa shape index (κ2) is 14.7. The number of aromatic nitrogens is 4. The average Bonchev–Trinajstić information content (AvgIpc) is 3.61. The van der Waals surface area contributed by atoms with Crippen LogP contribution in [0, 0.1) is 0 Å². The Bertz CT molecular complexity index is 1540. The maximum atomic E-state index is 12.2. The second-order valence-corrected chi connectivity index (χ2v) is 12.5. The molecule has 0 aromatic carbocycles. The molecule has 0 unspecified atom stereocenters. The Morgan fingerprint density at radius 1 is 0.696 bits per heavy atom. The lowest BCUT2D eigenvalue weighted by Gasteiger charge is -2.29. The first-order chi connectivity index (χ1) is 21.2. The van der Waals surface area contributed by atoms with Crippen LogP contribution in [-0.2, 0) is 44.4 Å². The molecule has 7 amide bonds. The number of rotatable bonds is 2. The highest BCUT2D eigenvalue weighted by Gasteiger charge is 2.34. The van der Waals surface area contributed by atoms with Crippen LogP contribution in [-0.4, -0.2) is 102 Å². The molecule has 2 aliphatic rings. The Hall–Kier alpha value is -5.28. The zero-order valence-electron chi connectivity index (χ0n) is 27.4. The van der Waals surface area contributed by atoms with Crippen molar-refractivity contribution >= 4 is 53.7 Å². The van der Waals surface area contributed by atoms with E-state index in [0.717, 1.165) is 32.4 Å². The summed E-state index contributed by atoms with van der Waals surface area (Å²) in [5.74, 6) is -3.38. The summed E-state index contributed by atoms with van der Waals surface area (Å²) in [5.41, 5.74) is 2.65. The first kappa shape index (κ1) is 36.9. The van der Waals surface area contributed by atoms with Gasteiger partial charge in [-0.2, -0.15) is 0 Å². The Kier molecular flexibility index (Phi) is 11.8. The third kappa shape index (κ3) is 9.36. The molecular weight excluding hydrogens is 600 g/mol. The molecule has 2 aromatic heterocycles. The molecule has 16 nitrogen and oxygen atoms in total. The molecule has 16 heteroatoms. The molecule has 2 fully saturated rings. The van der Waals surface area contributed by atoms with Gasteiger partial charge in [0, 0.05) is 37.3 Å². The number of hydrogen-bond donors (Lipinski definition) is 3. The lowest BCUT2D eigenvalue weighted by atomic mass is 9.90. The highest BCUT2D eigenvalue weighted by Crippen LogP contribution is 2.25. The third-order valence-corrected chi connectivity index (χ3v) is 6.61. The number of carbonyl (C=O) groups excluding carboxylic acids is 8. The highest BCUT2D eigenvalue weighted by molar-refractivity contribution is 6.12. The fourth-order valence-electron chi connectivity index (χ4n) is 4.29. The van der Waals surface area contributed by atoms with Gasteiger partial charge in [0.15, 0.2) is 6.29 Å². The fraction of sp³-hybridized carbons (Fsp3) is 0.467. The number of H-pyrrole nitrogens is 2. The minimum atomic E-state index is -0.523. The second-order valence-electron chi connectivity index (χ2n) is 12.5. The topological polar surface area (TPSA) is 216 Å². The van der Waals surface area contributed by atoms with E-state index in [0.29, 0.717) is 11.4 Å².